The normalized spacial score (nSPS) is 14.3. The summed E-state index contributed by atoms with van der Waals surface area (Å²) in [5.41, 5.74) is -2.63. The van der Waals surface area contributed by atoms with Gasteiger partial charge in [-0.1, -0.05) is 0 Å². The van der Waals surface area contributed by atoms with Gasteiger partial charge in [-0.2, -0.15) is 13.2 Å². The molecule has 1 amide bonds. The number of hydrogen-bond acceptors (Lipinski definition) is 4. The molecule has 2 aromatic heterocycles. The summed E-state index contributed by atoms with van der Waals surface area (Å²) in [5, 5.41) is 12.3. The van der Waals surface area contributed by atoms with Crippen molar-refractivity contribution in [3.8, 4) is 0 Å². The van der Waals surface area contributed by atoms with Crippen LogP contribution in [-0.4, -0.2) is 22.2 Å². The molecule has 0 fully saturated rings. The minimum absolute atomic E-state index is 0.107. The highest BCUT2D eigenvalue weighted by molar-refractivity contribution is 5.90. The second kappa shape index (κ2) is 6.04. The van der Waals surface area contributed by atoms with E-state index in [2.05, 4.69) is 10.3 Å². The van der Waals surface area contributed by atoms with Crippen LogP contribution >= 0.6 is 0 Å². The van der Waals surface area contributed by atoms with Crippen molar-refractivity contribution < 1.29 is 27.5 Å². The summed E-state index contributed by atoms with van der Waals surface area (Å²) in [5.74, 6) is -1.45. The predicted molar refractivity (Wildman–Crippen MR) is 75.6 cm³/mol. The SMILES string of the molecule is Cc1ccnc(NC(=O)CC(O)(c2ccc(C)o2)C(F)(F)F)c1. The number of furan rings is 1. The van der Waals surface area contributed by atoms with Crippen LogP contribution in [0.5, 0.6) is 0 Å². The molecule has 124 valence electrons. The van der Waals surface area contributed by atoms with Gasteiger partial charge in [-0.15, -0.1) is 0 Å². The Morgan fingerprint density at radius 2 is 2.00 bits per heavy atom. The van der Waals surface area contributed by atoms with Gasteiger partial charge >= 0.3 is 6.18 Å². The molecule has 1 unspecified atom stereocenters. The van der Waals surface area contributed by atoms with Crippen molar-refractivity contribution in [2.75, 3.05) is 5.32 Å². The van der Waals surface area contributed by atoms with Crippen LogP contribution in [0.1, 0.15) is 23.5 Å². The van der Waals surface area contributed by atoms with Crippen LogP contribution in [0.4, 0.5) is 19.0 Å². The number of carbonyl (C=O) groups excluding carboxylic acids is 1. The van der Waals surface area contributed by atoms with Crippen LogP contribution in [0.3, 0.4) is 0 Å². The Morgan fingerprint density at radius 3 is 2.52 bits per heavy atom. The Morgan fingerprint density at radius 1 is 1.30 bits per heavy atom. The number of alkyl halides is 3. The number of rotatable bonds is 4. The molecule has 2 N–H and O–H groups in total. The van der Waals surface area contributed by atoms with Crippen molar-refractivity contribution >= 4 is 11.7 Å². The number of aryl methyl sites for hydroxylation is 2. The van der Waals surface area contributed by atoms with Gasteiger partial charge in [-0.25, -0.2) is 4.98 Å². The lowest BCUT2D eigenvalue weighted by Crippen LogP contribution is -2.44. The number of carbonyl (C=O) groups is 1. The molecule has 0 radical (unpaired) electrons. The van der Waals surface area contributed by atoms with Crippen LogP contribution < -0.4 is 5.32 Å². The van der Waals surface area contributed by atoms with Crippen molar-refractivity contribution in [1.82, 2.24) is 4.98 Å². The first-order valence-electron chi connectivity index (χ1n) is 6.70. The van der Waals surface area contributed by atoms with E-state index in [1.807, 2.05) is 0 Å². The second-order valence-electron chi connectivity index (χ2n) is 5.21. The molecule has 0 aliphatic carbocycles. The van der Waals surface area contributed by atoms with E-state index in [4.69, 9.17) is 4.42 Å². The predicted octanol–water partition coefficient (Wildman–Crippen LogP) is 3.07. The van der Waals surface area contributed by atoms with E-state index in [0.29, 0.717) is 0 Å². The lowest BCUT2D eigenvalue weighted by molar-refractivity contribution is -0.272. The minimum atomic E-state index is -5.07. The molecule has 0 aliphatic rings. The van der Waals surface area contributed by atoms with Gasteiger partial charge in [-0.3, -0.25) is 4.79 Å². The van der Waals surface area contributed by atoms with Crippen LogP contribution in [0.15, 0.2) is 34.9 Å². The summed E-state index contributed by atoms with van der Waals surface area (Å²) >= 11 is 0. The zero-order valence-electron chi connectivity index (χ0n) is 12.4. The fourth-order valence-electron chi connectivity index (χ4n) is 2.01. The van der Waals surface area contributed by atoms with Gasteiger partial charge < -0.3 is 14.8 Å². The maximum absolute atomic E-state index is 13.3. The number of hydrogen-bond donors (Lipinski definition) is 2. The molecule has 23 heavy (non-hydrogen) atoms. The molecular weight excluding hydrogens is 313 g/mol. The summed E-state index contributed by atoms with van der Waals surface area (Å²) < 4.78 is 44.7. The molecule has 0 spiro atoms. The van der Waals surface area contributed by atoms with E-state index >= 15 is 0 Å². The first-order chi connectivity index (χ1) is 10.6. The van der Waals surface area contributed by atoms with Gasteiger partial charge in [-0.05, 0) is 43.7 Å². The highest BCUT2D eigenvalue weighted by atomic mass is 19.4. The molecule has 0 bridgehead atoms. The molecule has 0 saturated heterocycles. The van der Waals surface area contributed by atoms with Gasteiger partial charge in [0.05, 0.1) is 6.42 Å². The molecule has 5 nitrogen and oxygen atoms in total. The second-order valence-corrected chi connectivity index (χ2v) is 5.21. The first kappa shape index (κ1) is 17.0. The Kier molecular flexibility index (Phi) is 4.46. The minimum Gasteiger partial charge on any atom is -0.463 e. The number of anilines is 1. The average molecular weight is 328 g/mol. The van der Waals surface area contributed by atoms with E-state index < -0.39 is 29.9 Å². The van der Waals surface area contributed by atoms with Crippen LogP contribution in [0.25, 0.3) is 0 Å². The molecule has 2 aromatic rings. The number of nitrogens with one attached hydrogen (secondary N) is 1. The Labute approximate surface area is 130 Å². The quantitative estimate of drug-likeness (QED) is 0.904. The zero-order chi connectivity index (χ0) is 17.3. The lowest BCUT2D eigenvalue weighted by atomic mass is 9.95. The fourth-order valence-corrected chi connectivity index (χ4v) is 2.01. The number of amides is 1. The van der Waals surface area contributed by atoms with E-state index in [0.717, 1.165) is 11.6 Å². The monoisotopic (exact) mass is 328 g/mol. The first-order valence-corrected chi connectivity index (χ1v) is 6.70. The maximum Gasteiger partial charge on any atom is 0.425 e. The molecule has 2 rings (SSSR count). The van der Waals surface area contributed by atoms with E-state index in [-0.39, 0.29) is 11.6 Å². The summed E-state index contributed by atoms with van der Waals surface area (Å²) in [7, 11) is 0. The number of pyridine rings is 1. The van der Waals surface area contributed by atoms with Gasteiger partial charge in [0.25, 0.3) is 0 Å². The van der Waals surface area contributed by atoms with Gasteiger partial charge in [0.1, 0.15) is 17.3 Å². The van der Waals surface area contributed by atoms with Crippen LogP contribution in [0.2, 0.25) is 0 Å². The van der Waals surface area contributed by atoms with Gasteiger partial charge in [0.15, 0.2) is 0 Å². The summed E-state index contributed by atoms with van der Waals surface area (Å²) in [6, 6.07) is 5.46. The maximum atomic E-state index is 13.3. The summed E-state index contributed by atoms with van der Waals surface area (Å²) in [4.78, 5) is 15.7. The largest absolute Gasteiger partial charge is 0.463 e. The smallest absolute Gasteiger partial charge is 0.425 e. The Hall–Kier alpha value is -2.35. The van der Waals surface area contributed by atoms with E-state index in [1.165, 1.54) is 25.3 Å². The molecule has 1 atom stereocenters. The van der Waals surface area contributed by atoms with Crippen molar-refractivity contribution in [1.29, 1.82) is 0 Å². The van der Waals surface area contributed by atoms with Gasteiger partial charge in [0.2, 0.25) is 11.5 Å². The lowest BCUT2D eigenvalue weighted by Gasteiger charge is -2.27. The van der Waals surface area contributed by atoms with Crippen molar-refractivity contribution in [2.45, 2.75) is 32.0 Å². The molecular formula is C15H15F3N2O3. The number of halogens is 3. The van der Waals surface area contributed by atoms with Crippen molar-refractivity contribution in [3.63, 3.8) is 0 Å². The van der Waals surface area contributed by atoms with Crippen molar-refractivity contribution in [3.05, 3.63) is 47.5 Å². The number of aromatic nitrogens is 1. The average Bonchev–Trinajstić information content (AvgIpc) is 2.84. The Bertz CT molecular complexity index is 712. The topological polar surface area (TPSA) is 75.4 Å². The fraction of sp³-hybridized carbons (Fsp3) is 0.333. The van der Waals surface area contributed by atoms with Gasteiger partial charge in [0, 0.05) is 6.20 Å². The molecule has 8 heteroatoms. The standard InChI is InChI=1S/C15H15F3N2O3/c1-9-5-6-19-12(7-9)20-13(21)8-14(22,15(16,17)18)11-4-3-10(2)23-11/h3-7,22H,8H2,1-2H3,(H,19,20,21). The molecule has 0 saturated carbocycles. The molecule has 0 aromatic carbocycles. The highest BCUT2D eigenvalue weighted by Gasteiger charge is 2.58. The number of nitrogens with zero attached hydrogens (tertiary/aromatic N) is 1. The highest BCUT2D eigenvalue weighted by Crippen LogP contribution is 2.42. The van der Waals surface area contributed by atoms with E-state index in [9.17, 15) is 23.1 Å². The summed E-state index contributed by atoms with van der Waals surface area (Å²) in [6.07, 6.45) is -4.90. The Balaban J connectivity index is 2.23. The molecule has 0 aliphatic heterocycles. The third-order valence-electron chi connectivity index (χ3n) is 3.22. The third-order valence-corrected chi connectivity index (χ3v) is 3.22. The summed E-state index contributed by atoms with van der Waals surface area (Å²) in [6.45, 7) is 3.19. The molecule has 2 heterocycles. The van der Waals surface area contributed by atoms with E-state index in [1.54, 1.807) is 13.0 Å². The van der Waals surface area contributed by atoms with Crippen LogP contribution in [0, 0.1) is 13.8 Å². The zero-order valence-corrected chi connectivity index (χ0v) is 12.4. The van der Waals surface area contributed by atoms with Crippen molar-refractivity contribution in [2.24, 2.45) is 0 Å². The van der Waals surface area contributed by atoms with Crippen LogP contribution in [-0.2, 0) is 10.4 Å². The third kappa shape index (κ3) is 3.70. The number of aliphatic hydroxyl groups is 1.